The van der Waals surface area contributed by atoms with Gasteiger partial charge < -0.3 is 10.2 Å². The lowest BCUT2D eigenvalue weighted by Gasteiger charge is -2.17. The third kappa shape index (κ3) is 5.06. The zero-order chi connectivity index (χ0) is 20.0. The zero-order valence-corrected chi connectivity index (χ0v) is 17.8. The van der Waals surface area contributed by atoms with Crippen LogP contribution in [0.5, 0.6) is 0 Å². The van der Waals surface area contributed by atoms with Gasteiger partial charge in [-0.3, -0.25) is 9.59 Å². The Morgan fingerprint density at radius 3 is 2.44 bits per heavy atom. The normalized spacial score (nSPS) is 10.6. The summed E-state index contributed by atoms with van der Waals surface area (Å²) in [4.78, 5) is 27.1. The number of nitriles is 1. The SMILES string of the molecule is CCN(CC)C(=O)c1sc(NC(=O)/C=C/c2ccc(Br)cc2)c(C#N)c1C. The number of nitrogens with one attached hydrogen (secondary N) is 1. The van der Waals surface area contributed by atoms with Gasteiger partial charge in [0.15, 0.2) is 0 Å². The molecular weight excluding hydrogens is 426 g/mol. The third-order valence-corrected chi connectivity index (χ3v) is 5.76. The first-order valence-electron chi connectivity index (χ1n) is 8.48. The highest BCUT2D eigenvalue weighted by atomic mass is 79.9. The molecule has 1 N–H and O–H groups in total. The molecule has 2 aromatic rings. The third-order valence-electron chi connectivity index (χ3n) is 4.04. The van der Waals surface area contributed by atoms with Crippen LogP contribution in [0.25, 0.3) is 6.08 Å². The molecule has 0 fully saturated rings. The van der Waals surface area contributed by atoms with E-state index in [2.05, 4.69) is 27.3 Å². The van der Waals surface area contributed by atoms with E-state index in [1.807, 2.05) is 38.1 Å². The summed E-state index contributed by atoms with van der Waals surface area (Å²) in [5, 5.41) is 12.6. The molecule has 1 heterocycles. The standard InChI is InChI=1S/C20H20BrN3O2S/c1-4-24(5-2)20(26)18-13(3)16(12-22)19(27-18)23-17(25)11-8-14-6-9-15(21)10-7-14/h6-11H,4-5H2,1-3H3,(H,23,25)/b11-8+. The number of carbonyl (C=O) groups is 2. The molecule has 0 aliphatic heterocycles. The second-order valence-corrected chi connectivity index (χ2v) is 7.66. The van der Waals surface area contributed by atoms with Gasteiger partial charge in [0.2, 0.25) is 5.91 Å². The first-order chi connectivity index (χ1) is 12.9. The molecule has 27 heavy (non-hydrogen) atoms. The second kappa shape index (κ2) is 9.49. The highest BCUT2D eigenvalue weighted by Gasteiger charge is 2.23. The predicted octanol–water partition coefficient (Wildman–Crippen LogP) is 4.82. The lowest BCUT2D eigenvalue weighted by molar-refractivity contribution is -0.111. The van der Waals surface area contributed by atoms with Crippen LogP contribution in [0.2, 0.25) is 0 Å². The maximum atomic E-state index is 12.6. The van der Waals surface area contributed by atoms with Crippen molar-refractivity contribution in [1.82, 2.24) is 4.90 Å². The number of hydrogen-bond acceptors (Lipinski definition) is 4. The molecule has 2 rings (SSSR count). The van der Waals surface area contributed by atoms with Crippen molar-refractivity contribution >= 4 is 50.2 Å². The van der Waals surface area contributed by atoms with Crippen molar-refractivity contribution < 1.29 is 9.59 Å². The maximum Gasteiger partial charge on any atom is 0.264 e. The van der Waals surface area contributed by atoms with Crippen LogP contribution < -0.4 is 5.32 Å². The van der Waals surface area contributed by atoms with Crippen LogP contribution in [0.4, 0.5) is 5.00 Å². The Hall–Kier alpha value is -2.43. The van der Waals surface area contributed by atoms with Gasteiger partial charge in [-0.1, -0.05) is 28.1 Å². The number of halogens is 1. The molecule has 0 atom stereocenters. The van der Waals surface area contributed by atoms with Crippen LogP contribution in [0, 0.1) is 18.3 Å². The van der Waals surface area contributed by atoms with Crippen LogP contribution in [0.15, 0.2) is 34.8 Å². The summed E-state index contributed by atoms with van der Waals surface area (Å²) >= 11 is 4.51. The summed E-state index contributed by atoms with van der Waals surface area (Å²) in [6.45, 7) is 6.73. The Morgan fingerprint density at radius 2 is 1.89 bits per heavy atom. The Balaban J connectivity index is 2.21. The molecule has 7 heteroatoms. The Bertz CT molecular complexity index is 907. The van der Waals surface area contributed by atoms with Crippen molar-refractivity contribution in [3.05, 3.63) is 56.4 Å². The van der Waals surface area contributed by atoms with Crippen LogP contribution in [0.1, 0.15) is 40.2 Å². The average molecular weight is 446 g/mol. The van der Waals surface area contributed by atoms with Gasteiger partial charge in [0.1, 0.15) is 11.1 Å². The molecule has 0 unspecified atom stereocenters. The minimum atomic E-state index is -0.350. The fourth-order valence-corrected chi connectivity index (χ4v) is 3.89. The smallest absolute Gasteiger partial charge is 0.264 e. The summed E-state index contributed by atoms with van der Waals surface area (Å²) in [6, 6.07) is 9.63. The van der Waals surface area contributed by atoms with E-state index in [4.69, 9.17) is 0 Å². The molecule has 0 spiro atoms. The van der Waals surface area contributed by atoms with Crippen LogP contribution >= 0.6 is 27.3 Å². The molecule has 0 radical (unpaired) electrons. The van der Waals surface area contributed by atoms with Gasteiger partial charge in [0.05, 0.1) is 10.4 Å². The van der Waals surface area contributed by atoms with Gasteiger partial charge in [-0.25, -0.2) is 0 Å². The fourth-order valence-electron chi connectivity index (χ4n) is 2.49. The number of anilines is 1. The van der Waals surface area contributed by atoms with Gasteiger partial charge in [0.25, 0.3) is 5.91 Å². The molecule has 5 nitrogen and oxygen atoms in total. The van der Waals surface area contributed by atoms with E-state index in [-0.39, 0.29) is 11.8 Å². The van der Waals surface area contributed by atoms with Crippen molar-refractivity contribution in [2.45, 2.75) is 20.8 Å². The molecule has 1 aromatic carbocycles. The molecule has 140 valence electrons. The largest absolute Gasteiger partial charge is 0.338 e. The van der Waals surface area contributed by atoms with Crippen molar-refractivity contribution in [2.75, 3.05) is 18.4 Å². The molecule has 2 amide bonds. The molecule has 0 bridgehead atoms. The number of nitrogens with zero attached hydrogens (tertiary/aromatic N) is 2. The van der Waals surface area contributed by atoms with Crippen LogP contribution in [0.3, 0.4) is 0 Å². The van der Waals surface area contributed by atoms with E-state index in [1.54, 1.807) is 17.9 Å². The summed E-state index contributed by atoms with van der Waals surface area (Å²) < 4.78 is 0.960. The first kappa shape index (κ1) is 20.9. The van der Waals surface area contributed by atoms with E-state index in [1.165, 1.54) is 6.08 Å². The predicted molar refractivity (Wildman–Crippen MR) is 113 cm³/mol. The fraction of sp³-hybridized carbons (Fsp3) is 0.250. The number of benzene rings is 1. The summed E-state index contributed by atoms with van der Waals surface area (Å²) in [5.41, 5.74) is 1.82. The van der Waals surface area contributed by atoms with Gasteiger partial charge in [-0.15, -0.1) is 11.3 Å². The highest BCUT2D eigenvalue weighted by molar-refractivity contribution is 9.10. The van der Waals surface area contributed by atoms with Crippen molar-refractivity contribution in [2.24, 2.45) is 0 Å². The molecule has 0 saturated heterocycles. The van der Waals surface area contributed by atoms with Crippen molar-refractivity contribution in [3.8, 4) is 6.07 Å². The average Bonchev–Trinajstić information content (AvgIpc) is 2.97. The molecular formula is C20H20BrN3O2S. The summed E-state index contributed by atoms with van der Waals surface area (Å²) in [5.74, 6) is -0.470. The van der Waals surface area contributed by atoms with Crippen molar-refractivity contribution in [1.29, 1.82) is 5.26 Å². The monoisotopic (exact) mass is 445 g/mol. The van der Waals surface area contributed by atoms with E-state index < -0.39 is 0 Å². The van der Waals surface area contributed by atoms with Gasteiger partial charge in [0, 0.05) is 23.6 Å². The molecule has 0 aliphatic carbocycles. The topological polar surface area (TPSA) is 73.2 Å². The van der Waals surface area contributed by atoms with Gasteiger partial charge >= 0.3 is 0 Å². The minimum Gasteiger partial charge on any atom is -0.338 e. The van der Waals surface area contributed by atoms with Crippen LogP contribution in [-0.2, 0) is 4.79 Å². The molecule has 0 saturated carbocycles. The van der Waals surface area contributed by atoms with E-state index in [9.17, 15) is 14.9 Å². The summed E-state index contributed by atoms with van der Waals surface area (Å²) in [6.07, 6.45) is 3.10. The highest BCUT2D eigenvalue weighted by Crippen LogP contribution is 2.33. The van der Waals surface area contributed by atoms with Gasteiger partial charge in [-0.05, 0) is 50.1 Å². The van der Waals surface area contributed by atoms with Crippen LogP contribution in [-0.4, -0.2) is 29.8 Å². The Kier molecular flexibility index (Phi) is 7.34. The van der Waals surface area contributed by atoms with E-state index in [0.29, 0.717) is 34.1 Å². The number of rotatable bonds is 6. The molecule has 1 aromatic heterocycles. The Morgan fingerprint density at radius 1 is 1.26 bits per heavy atom. The first-order valence-corrected chi connectivity index (χ1v) is 10.1. The number of carbonyl (C=O) groups excluding carboxylic acids is 2. The maximum absolute atomic E-state index is 12.6. The van der Waals surface area contributed by atoms with Gasteiger partial charge in [-0.2, -0.15) is 5.26 Å². The number of amides is 2. The second-order valence-electron chi connectivity index (χ2n) is 5.72. The van der Waals surface area contributed by atoms with E-state index >= 15 is 0 Å². The Labute approximate surface area is 171 Å². The van der Waals surface area contributed by atoms with E-state index in [0.717, 1.165) is 21.4 Å². The number of thiophene rings is 1. The van der Waals surface area contributed by atoms with Crippen molar-refractivity contribution in [3.63, 3.8) is 0 Å². The minimum absolute atomic E-state index is 0.120. The zero-order valence-electron chi connectivity index (χ0n) is 15.4. The molecule has 0 aliphatic rings. The number of hydrogen-bond donors (Lipinski definition) is 1. The lowest BCUT2D eigenvalue weighted by Crippen LogP contribution is -2.30. The summed E-state index contributed by atoms with van der Waals surface area (Å²) in [7, 11) is 0. The lowest BCUT2D eigenvalue weighted by atomic mass is 10.1. The quantitative estimate of drug-likeness (QED) is 0.647.